The van der Waals surface area contributed by atoms with E-state index in [2.05, 4.69) is 5.32 Å². The maximum Gasteiger partial charge on any atom is 0.249 e. The molecule has 1 heterocycles. The second kappa shape index (κ2) is 8.12. The molecular formula is C22H24N2O4. The van der Waals surface area contributed by atoms with Crippen LogP contribution in [0.2, 0.25) is 0 Å². The Morgan fingerprint density at radius 2 is 1.86 bits per heavy atom. The molecule has 0 bridgehead atoms. The summed E-state index contributed by atoms with van der Waals surface area (Å²) in [5.74, 6) is 0.0586. The van der Waals surface area contributed by atoms with Crippen molar-refractivity contribution < 1.29 is 19.4 Å². The monoisotopic (exact) mass is 380 g/mol. The van der Waals surface area contributed by atoms with Crippen molar-refractivity contribution in [1.82, 2.24) is 4.90 Å². The van der Waals surface area contributed by atoms with Crippen molar-refractivity contribution >= 4 is 17.5 Å². The lowest BCUT2D eigenvalue weighted by Crippen LogP contribution is -2.51. The van der Waals surface area contributed by atoms with Crippen LogP contribution >= 0.6 is 0 Å². The average molecular weight is 380 g/mol. The molecule has 2 amide bonds. The lowest BCUT2D eigenvalue weighted by Gasteiger charge is -2.38. The molecule has 2 fully saturated rings. The Morgan fingerprint density at radius 3 is 2.54 bits per heavy atom. The topological polar surface area (TPSA) is 78.9 Å². The van der Waals surface area contributed by atoms with E-state index < -0.39 is 12.1 Å². The lowest BCUT2D eigenvalue weighted by molar-refractivity contribution is -0.155. The summed E-state index contributed by atoms with van der Waals surface area (Å²) >= 11 is 0. The molecule has 2 atom stereocenters. The van der Waals surface area contributed by atoms with Crippen LogP contribution in [0.15, 0.2) is 54.6 Å². The number of anilines is 1. The van der Waals surface area contributed by atoms with E-state index in [0.717, 1.165) is 18.4 Å². The number of rotatable bonds is 6. The van der Waals surface area contributed by atoms with Gasteiger partial charge in [0, 0.05) is 18.2 Å². The van der Waals surface area contributed by atoms with Gasteiger partial charge in [0.15, 0.2) is 0 Å². The summed E-state index contributed by atoms with van der Waals surface area (Å²) in [6.45, 7) is 0.738. The highest BCUT2D eigenvalue weighted by atomic mass is 16.5. The molecule has 6 nitrogen and oxygen atoms in total. The molecule has 2 unspecified atom stereocenters. The highest BCUT2D eigenvalue weighted by Gasteiger charge is 2.35. The number of hydrogen-bond donors (Lipinski definition) is 2. The summed E-state index contributed by atoms with van der Waals surface area (Å²) in [7, 11) is 0. The zero-order chi connectivity index (χ0) is 19.5. The number of nitrogens with one attached hydrogen (secondary N) is 1. The van der Waals surface area contributed by atoms with Crippen LogP contribution < -0.4 is 5.32 Å². The van der Waals surface area contributed by atoms with E-state index in [9.17, 15) is 14.7 Å². The van der Waals surface area contributed by atoms with E-state index in [-0.39, 0.29) is 30.9 Å². The molecule has 2 aromatic rings. The van der Waals surface area contributed by atoms with Crippen molar-refractivity contribution in [2.24, 2.45) is 5.92 Å². The Hall–Kier alpha value is -2.70. The van der Waals surface area contributed by atoms with Crippen LogP contribution in [0.4, 0.5) is 5.69 Å². The summed E-state index contributed by atoms with van der Waals surface area (Å²) < 4.78 is 5.41. The number of ether oxygens (including phenoxy) is 1. The van der Waals surface area contributed by atoms with Gasteiger partial charge in [-0.2, -0.15) is 0 Å². The zero-order valence-corrected chi connectivity index (χ0v) is 15.6. The third kappa shape index (κ3) is 4.24. The molecule has 28 heavy (non-hydrogen) atoms. The minimum Gasteiger partial charge on any atom is -0.386 e. The minimum atomic E-state index is -0.874. The third-order valence-corrected chi connectivity index (χ3v) is 5.26. The molecule has 2 aromatic carbocycles. The van der Waals surface area contributed by atoms with Gasteiger partial charge >= 0.3 is 0 Å². The maximum atomic E-state index is 12.4. The predicted octanol–water partition coefficient (Wildman–Crippen LogP) is 2.50. The van der Waals surface area contributed by atoms with Gasteiger partial charge in [-0.1, -0.05) is 42.5 Å². The molecule has 146 valence electrons. The molecule has 1 aliphatic heterocycles. The number of aliphatic hydroxyl groups is 1. The molecule has 0 aromatic heterocycles. The molecular weight excluding hydrogens is 356 g/mol. The molecule has 1 saturated carbocycles. The largest absolute Gasteiger partial charge is 0.386 e. The summed E-state index contributed by atoms with van der Waals surface area (Å²) in [5.41, 5.74) is 2.41. The van der Waals surface area contributed by atoms with Gasteiger partial charge in [-0.15, -0.1) is 0 Å². The van der Waals surface area contributed by atoms with Gasteiger partial charge in [0.25, 0.3) is 0 Å². The first-order valence-corrected chi connectivity index (χ1v) is 9.62. The summed E-state index contributed by atoms with van der Waals surface area (Å²) in [4.78, 5) is 26.0. The fraction of sp³-hybridized carbons (Fsp3) is 0.364. The maximum absolute atomic E-state index is 12.4. The highest BCUT2D eigenvalue weighted by molar-refractivity contribution is 5.94. The first kappa shape index (κ1) is 18.7. The van der Waals surface area contributed by atoms with E-state index >= 15 is 0 Å². The number of amides is 2. The van der Waals surface area contributed by atoms with E-state index in [1.54, 1.807) is 29.2 Å². The van der Waals surface area contributed by atoms with Crippen molar-refractivity contribution in [1.29, 1.82) is 0 Å². The smallest absolute Gasteiger partial charge is 0.249 e. The summed E-state index contributed by atoms with van der Waals surface area (Å²) in [6.07, 6.45) is 1.03. The normalized spacial score (nSPS) is 20.7. The quantitative estimate of drug-likeness (QED) is 0.807. The summed E-state index contributed by atoms with van der Waals surface area (Å²) in [6, 6.07) is 16.4. The second-order valence-electron chi connectivity index (χ2n) is 7.42. The van der Waals surface area contributed by atoms with Gasteiger partial charge in [-0.25, -0.2) is 0 Å². The lowest BCUT2D eigenvalue weighted by atomic mass is 9.99. The van der Waals surface area contributed by atoms with Crippen LogP contribution in [0, 0.1) is 5.92 Å². The fourth-order valence-corrected chi connectivity index (χ4v) is 3.45. The number of aliphatic hydroxyl groups excluding tert-OH is 1. The van der Waals surface area contributed by atoms with Crippen LogP contribution in [0.5, 0.6) is 0 Å². The van der Waals surface area contributed by atoms with Crippen LogP contribution in [-0.2, 0) is 20.9 Å². The van der Waals surface area contributed by atoms with Gasteiger partial charge in [-0.3, -0.25) is 9.59 Å². The fourth-order valence-electron chi connectivity index (χ4n) is 3.45. The predicted molar refractivity (Wildman–Crippen MR) is 104 cm³/mol. The third-order valence-electron chi connectivity index (χ3n) is 5.26. The molecule has 4 rings (SSSR count). The van der Waals surface area contributed by atoms with E-state index in [4.69, 9.17) is 4.74 Å². The Kier molecular flexibility index (Phi) is 5.41. The van der Waals surface area contributed by atoms with E-state index in [0.29, 0.717) is 17.8 Å². The van der Waals surface area contributed by atoms with Crippen LogP contribution in [0.25, 0.3) is 0 Å². The van der Waals surface area contributed by atoms with Crippen molar-refractivity contribution in [2.75, 3.05) is 18.5 Å². The summed E-state index contributed by atoms with van der Waals surface area (Å²) in [5, 5.41) is 13.8. The number of hydrogen-bond acceptors (Lipinski definition) is 4. The molecule has 2 N–H and O–H groups in total. The van der Waals surface area contributed by atoms with Crippen molar-refractivity contribution in [3.05, 3.63) is 65.7 Å². The van der Waals surface area contributed by atoms with E-state index in [1.807, 2.05) is 30.3 Å². The van der Waals surface area contributed by atoms with Crippen molar-refractivity contribution in [3.63, 3.8) is 0 Å². The molecule has 6 heteroatoms. The van der Waals surface area contributed by atoms with Crippen molar-refractivity contribution in [2.45, 2.75) is 31.5 Å². The number of morpholine rings is 1. The van der Waals surface area contributed by atoms with Crippen LogP contribution in [0.1, 0.15) is 30.1 Å². The SMILES string of the molecule is O=C(Nc1ccc(C(O)C2COCC(=O)N2Cc2ccccc2)cc1)C1CC1. The molecule has 2 aliphatic rings. The average Bonchev–Trinajstić information content (AvgIpc) is 3.56. The first-order valence-electron chi connectivity index (χ1n) is 9.62. The standard InChI is InChI=1S/C22H24N2O4/c25-20-14-28-13-19(24(20)12-15-4-2-1-3-5-15)21(26)16-8-10-18(11-9-16)23-22(27)17-6-7-17/h1-5,8-11,17,19,21,26H,6-7,12-14H2,(H,23,27). The Morgan fingerprint density at radius 1 is 1.14 bits per heavy atom. The molecule has 1 aliphatic carbocycles. The van der Waals surface area contributed by atoms with E-state index in [1.165, 1.54) is 0 Å². The Bertz CT molecular complexity index is 833. The van der Waals surface area contributed by atoms with Gasteiger partial charge in [0.2, 0.25) is 11.8 Å². The molecule has 0 radical (unpaired) electrons. The second-order valence-corrected chi connectivity index (χ2v) is 7.42. The van der Waals surface area contributed by atoms with Gasteiger partial charge < -0.3 is 20.1 Å². The van der Waals surface area contributed by atoms with Gasteiger partial charge in [-0.05, 0) is 36.1 Å². The minimum absolute atomic E-state index is 0.0300. The van der Waals surface area contributed by atoms with Crippen LogP contribution in [0.3, 0.4) is 0 Å². The highest BCUT2D eigenvalue weighted by Crippen LogP contribution is 2.31. The van der Waals surface area contributed by atoms with Crippen LogP contribution in [-0.4, -0.2) is 41.1 Å². The van der Waals surface area contributed by atoms with Gasteiger partial charge in [0.05, 0.1) is 12.6 Å². The zero-order valence-electron chi connectivity index (χ0n) is 15.6. The molecule has 0 spiro atoms. The Labute approximate surface area is 164 Å². The van der Waals surface area contributed by atoms with Gasteiger partial charge in [0.1, 0.15) is 12.7 Å². The first-order chi connectivity index (χ1) is 13.6. The van der Waals surface area contributed by atoms with Crippen molar-refractivity contribution in [3.8, 4) is 0 Å². The number of carbonyl (C=O) groups excluding carboxylic acids is 2. The number of carbonyl (C=O) groups is 2. The number of benzene rings is 2. The number of nitrogens with zero attached hydrogens (tertiary/aromatic N) is 1. The molecule has 1 saturated heterocycles. The Balaban J connectivity index is 1.47.